The Balaban J connectivity index is 0.00000576. The minimum absolute atomic E-state index is 0. The fraction of sp³-hybridized carbons (Fsp3) is 0.0526. The Labute approximate surface area is 490 Å². The molecule has 0 N–H and O–H groups in total. The Kier molecular flexibility index (Phi) is 11.7. The van der Waals surface area contributed by atoms with Crippen LogP contribution in [0.4, 0.5) is 22.7 Å². The number of pyridine rings is 1. The first-order valence-corrected chi connectivity index (χ1v) is 27.8. The molecule has 0 radical (unpaired) electrons. The van der Waals surface area contributed by atoms with Crippen LogP contribution in [0.2, 0.25) is 0 Å². The number of benzene rings is 11. The third-order valence-corrected chi connectivity index (χ3v) is 16.6. The van der Waals surface area contributed by atoms with Gasteiger partial charge in [-0.25, -0.2) is 4.98 Å². The van der Waals surface area contributed by atoms with E-state index in [4.69, 9.17) is 9.72 Å². The number of nitrogens with zero attached hydrogens (tertiary/aromatic N) is 4. The van der Waals surface area contributed by atoms with E-state index in [0.717, 1.165) is 122 Å². The minimum atomic E-state index is 0. The summed E-state index contributed by atoms with van der Waals surface area (Å²) in [5.74, 6) is 1.15. The molecule has 11 aromatic carbocycles. The van der Waals surface area contributed by atoms with Crippen molar-refractivity contribution in [3.05, 3.63) is 273 Å². The molecule has 0 bridgehead atoms. The van der Waals surface area contributed by atoms with Crippen molar-refractivity contribution in [2.75, 3.05) is 9.80 Å². The number of rotatable bonds is 6. The van der Waals surface area contributed by atoms with E-state index in [1.165, 1.54) is 22.1 Å². The van der Waals surface area contributed by atoms with Crippen molar-refractivity contribution in [3.8, 4) is 67.1 Å². The van der Waals surface area contributed by atoms with Crippen molar-refractivity contribution in [2.45, 2.75) is 26.2 Å². The SMILES string of the molecule is CC(C)(C)c1ccc(-c2cccc3c4cccc5c6ccc(Oc7[c-]c8c(cc7)-c7ccccc7-c7cccc9c7N8[CH-]N9c7c(-c8ccccc8)cccc7-c7ccccc7)[c-]c6n(c6ncccc6c6ccccc6c23)c45)cc1.[Pt]. The third-order valence-electron chi connectivity index (χ3n) is 16.6. The smallest absolute Gasteiger partial charge is 0.143 e. The molecule has 0 unspecified atom stereocenters. The van der Waals surface area contributed by atoms with Gasteiger partial charge in [0.05, 0.1) is 0 Å². The Bertz CT molecular complexity index is 4870. The summed E-state index contributed by atoms with van der Waals surface area (Å²) < 4.78 is 9.38. The molecule has 0 amide bonds. The second-order valence-corrected chi connectivity index (χ2v) is 22.3. The average Bonchev–Trinajstić information content (AvgIpc) is 2.82. The predicted molar refractivity (Wildman–Crippen MR) is 337 cm³/mol. The zero-order valence-electron chi connectivity index (χ0n) is 45.3. The molecule has 0 aliphatic carbocycles. The van der Waals surface area contributed by atoms with Gasteiger partial charge in [0.25, 0.3) is 0 Å². The van der Waals surface area contributed by atoms with Crippen molar-refractivity contribution in [2.24, 2.45) is 0 Å². The first-order valence-electron chi connectivity index (χ1n) is 27.8. The second-order valence-electron chi connectivity index (χ2n) is 22.3. The van der Waals surface area contributed by atoms with Crippen molar-refractivity contribution in [1.29, 1.82) is 0 Å². The Morgan fingerprint density at radius 2 is 0.939 bits per heavy atom. The Morgan fingerprint density at radius 3 is 1.68 bits per heavy atom. The van der Waals surface area contributed by atoms with Crippen LogP contribution in [-0.2, 0) is 26.5 Å². The normalized spacial score (nSPS) is 12.6. The summed E-state index contributed by atoms with van der Waals surface area (Å²) in [6.45, 7) is 9.06. The zero-order valence-corrected chi connectivity index (χ0v) is 47.5. The van der Waals surface area contributed by atoms with E-state index < -0.39 is 0 Å². The van der Waals surface area contributed by atoms with Crippen LogP contribution in [0.15, 0.2) is 249 Å². The van der Waals surface area contributed by atoms with Crippen LogP contribution >= 0.6 is 0 Å². The van der Waals surface area contributed by atoms with Gasteiger partial charge in [0.15, 0.2) is 0 Å². The maximum absolute atomic E-state index is 7.06. The first-order chi connectivity index (χ1) is 39.8. The minimum Gasteiger partial charge on any atom is -0.509 e. The topological polar surface area (TPSA) is 33.0 Å². The van der Waals surface area contributed by atoms with Gasteiger partial charge in [-0.3, -0.25) is 0 Å². The van der Waals surface area contributed by atoms with Gasteiger partial charge in [0, 0.05) is 88.8 Å². The summed E-state index contributed by atoms with van der Waals surface area (Å²) in [7, 11) is 0. The third kappa shape index (κ3) is 7.75. The molecular formula is C76H51N4OPt-3. The number of hydrogen-bond donors (Lipinski definition) is 0. The van der Waals surface area contributed by atoms with Gasteiger partial charge >= 0.3 is 0 Å². The van der Waals surface area contributed by atoms with Gasteiger partial charge in [0.2, 0.25) is 0 Å². The number of ether oxygens (including phenoxy) is 1. The van der Waals surface area contributed by atoms with Crippen LogP contribution in [0.3, 0.4) is 0 Å². The van der Waals surface area contributed by atoms with Gasteiger partial charge in [-0.15, -0.1) is 41.9 Å². The molecule has 0 fully saturated rings. The molecule has 3 aromatic heterocycles. The molecule has 2 aliphatic rings. The number of anilines is 4. The summed E-state index contributed by atoms with van der Waals surface area (Å²) in [5, 5.41) is 8.94. The van der Waals surface area contributed by atoms with Crippen LogP contribution in [0.25, 0.3) is 115 Å². The first kappa shape index (κ1) is 49.5. The quantitative estimate of drug-likeness (QED) is 0.155. The van der Waals surface area contributed by atoms with E-state index in [1.807, 2.05) is 24.4 Å². The number of aromatic nitrogens is 2. The number of para-hydroxylation sites is 3. The van der Waals surface area contributed by atoms with E-state index in [0.29, 0.717) is 11.5 Å². The monoisotopic (exact) mass is 1230 g/mol. The predicted octanol–water partition coefficient (Wildman–Crippen LogP) is 20.4. The van der Waals surface area contributed by atoms with Gasteiger partial charge in [0.1, 0.15) is 5.65 Å². The number of hydrogen-bond acceptors (Lipinski definition) is 4. The molecule has 82 heavy (non-hydrogen) atoms. The molecule has 6 heteroatoms. The van der Waals surface area contributed by atoms with Crippen LogP contribution in [0, 0.1) is 18.8 Å². The van der Waals surface area contributed by atoms with Crippen LogP contribution < -0.4 is 14.5 Å². The molecule has 0 saturated heterocycles. The second kappa shape index (κ2) is 19.3. The largest absolute Gasteiger partial charge is 0.509 e. The van der Waals surface area contributed by atoms with E-state index in [9.17, 15) is 0 Å². The van der Waals surface area contributed by atoms with E-state index in [-0.39, 0.29) is 26.5 Å². The summed E-state index contributed by atoms with van der Waals surface area (Å²) in [4.78, 5) is 9.97. The molecule has 5 nitrogen and oxygen atoms in total. The summed E-state index contributed by atoms with van der Waals surface area (Å²) in [6.07, 6.45) is 1.90. The van der Waals surface area contributed by atoms with E-state index in [1.54, 1.807) is 0 Å². The fourth-order valence-electron chi connectivity index (χ4n) is 12.9. The maximum Gasteiger partial charge on any atom is 0.143 e. The molecule has 2 aliphatic heterocycles. The van der Waals surface area contributed by atoms with Crippen LogP contribution in [0.5, 0.6) is 11.5 Å². The number of fused-ring (bicyclic) bond motifs is 15. The Hall–Kier alpha value is -9.54. The van der Waals surface area contributed by atoms with Crippen LogP contribution in [0.1, 0.15) is 26.3 Å². The molecule has 5 heterocycles. The maximum atomic E-state index is 7.06. The molecule has 394 valence electrons. The average molecular weight is 1230 g/mol. The van der Waals surface area contributed by atoms with Gasteiger partial charge < -0.3 is 18.9 Å². The molecule has 0 spiro atoms. The molecule has 0 atom stereocenters. The summed E-state index contributed by atoms with van der Waals surface area (Å²) in [6, 6.07) is 95.3. The molecule has 0 saturated carbocycles. The molecule has 14 aromatic rings. The van der Waals surface area contributed by atoms with E-state index >= 15 is 0 Å². The Morgan fingerprint density at radius 1 is 0.402 bits per heavy atom. The van der Waals surface area contributed by atoms with Crippen LogP contribution in [-0.4, -0.2) is 9.38 Å². The van der Waals surface area contributed by atoms with Gasteiger partial charge in [-0.1, -0.05) is 238 Å². The van der Waals surface area contributed by atoms with Crippen molar-refractivity contribution >= 4 is 82.5 Å². The van der Waals surface area contributed by atoms with E-state index in [2.05, 4.69) is 278 Å². The van der Waals surface area contributed by atoms with Crippen molar-refractivity contribution < 1.29 is 25.8 Å². The summed E-state index contributed by atoms with van der Waals surface area (Å²) in [5.41, 5.74) is 19.7. The molecular weight excluding hydrogens is 1180 g/mol. The van der Waals surface area contributed by atoms with Gasteiger partial charge in [-0.2, -0.15) is 12.1 Å². The summed E-state index contributed by atoms with van der Waals surface area (Å²) >= 11 is 0. The standard InChI is InChI=1S/C76H51N4O.Pt/c1-76(2,3)51-38-36-50(37-39-51)54-27-14-30-63-66-32-16-31-65-61-43-41-53(46-70(61)80(73(65)66)75-67(34-18-44-77-75)59-25-12-13-26-62(59)71(54)63)81-52-40-42-60-57-23-10-11-24-58(57)64-33-17-35-68-74(64)79(69(60)45-52)47-78(68)72-55(48-19-6-4-7-20-48)28-15-29-56(72)49-21-8-5-9-22-49;/h4-44,47H,1-3H3;/q-3;. The van der Waals surface area contributed by atoms with Crippen molar-refractivity contribution in [1.82, 2.24) is 9.38 Å². The zero-order chi connectivity index (χ0) is 53.9. The van der Waals surface area contributed by atoms with Crippen molar-refractivity contribution in [3.63, 3.8) is 0 Å². The fourth-order valence-corrected chi connectivity index (χ4v) is 12.9. The van der Waals surface area contributed by atoms with Gasteiger partial charge in [-0.05, 0) is 83.9 Å². The molecule has 16 rings (SSSR count).